The molecule has 5 aromatic carbocycles. The normalized spacial score (nSPS) is 22.1. The lowest BCUT2D eigenvalue weighted by Gasteiger charge is -2.45. The molecular formula is C35H24N2O3. The molecule has 0 spiro atoms. The molecule has 5 nitrogen and oxygen atoms in total. The molecule has 192 valence electrons. The van der Waals surface area contributed by atoms with Crippen molar-refractivity contribution in [1.29, 1.82) is 0 Å². The monoisotopic (exact) mass is 520 g/mol. The van der Waals surface area contributed by atoms with Gasteiger partial charge in [0.05, 0.1) is 17.5 Å². The van der Waals surface area contributed by atoms with Crippen molar-refractivity contribution >= 4 is 39.9 Å². The molecule has 1 N–H and O–H groups in total. The Morgan fingerprint density at radius 3 is 1.73 bits per heavy atom. The van der Waals surface area contributed by atoms with Crippen molar-refractivity contribution in [3.8, 4) is 0 Å². The summed E-state index contributed by atoms with van der Waals surface area (Å²) < 4.78 is 0. The molecule has 1 aliphatic heterocycles. The third-order valence-electron chi connectivity index (χ3n) is 8.82. The van der Waals surface area contributed by atoms with Gasteiger partial charge in [0.1, 0.15) is 0 Å². The summed E-state index contributed by atoms with van der Waals surface area (Å²) in [7, 11) is 0. The summed E-state index contributed by atoms with van der Waals surface area (Å²) in [6.07, 6.45) is 0. The molecule has 3 aliphatic carbocycles. The smallest absolute Gasteiger partial charge is 0.255 e. The molecule has 4 aliphatic rings. The number of hydrogen-bond acceptors (Lipinski definition) is 3. The summed E-state index contributed by atoms with van der Waals surface area (Å²) in [6.45, 7) is 0. The Balaban J connectivity index is 1.14. The zero-order valence-corrected chi connectivity index (χ0v) is 21.5. The lowest BCUT2D eigenvalue weighted by atomic mass is 9.55. The van der Waals surface area contributed by atoms with Crippen LogP contribution in [-0.4, -0.2) is 17.7 Å². The van der Waals surface area contributed by atoms with Gasteiger partial charge in [-0.05, 0) is 63.4 Å². The number of amides is 3. The average molecular weight is 521 g/mol. The lowest BCUT2D eigenvalue weighted by Crippen LogP contribution is -2.41. The summed E-state index contributed by atoms with van der Waals surface area (Å²) in [5.41, 5.74) is 6.05. The topological polar surface area (TPSA) is 66.5 Å². The van der Waals surface area contributed by atoms with Crippen LogP contribution in [0.2, 0.25) is 0 Å². The van der Waals surface area contributed by atoms with Crippen molar-refractivity contribution < 1.29 is 14.4 Å². The molecule has 2 atom stereocenters. The van der Waals surface area contributed by atoms with Crippen LogP contribution >= 0.6 is 0 Å². The van der Waals surface area contributed by atoms with Crippen LogP contribution in [0.5, 0.6) is 0 Å². The number of rotatable bonds is 3. The molecule has 1 fully saturated rings. The molecule has 5 heteroatoms. The maximum atomic E-state index is 14.1. The minimum absolute atomic E-state index is 0.164. The third-order valence-corrected chi connectivity index (χ3v) is 8.82. The van der Waals surface area contributed by atoms with Gasteiger partial charge < -0.3 is 5.32 Å². The van der Waals surface area contributed by atoms with Gasteiger partial charge >= 0.3 is 0 Å². The van der Waals surface area contributed by atoms with E-state index < -0.39 is 11.8 Å². The van der Waals surface area contributed by atoms with Crippen molar-refractivity contribution in [2.45, 2.75) is 11.8 Å². The zero-order chi connectivity index (χ0) is 27.0. The van der Waals surface area contributed by atoms with E-state index in [9.17, 15) is 14.4 Å². The fourth-order valence-electron chi connectivity index (χ4n) is 7.19. The first-order valence-corrected chi connectivity index (χ1v) is 13.6. The summed E-state index contributed by atoms with van der Waals surface area (Å²) in [4.78, 5) is 42.7. The SMILES string of the molecule is O=C(Nc1ccc2ccccc2c1)c1cccc(N2C(=O)C3C4c5ccccc5C(c5ccccc54)C3C2=O)c1. The van der Waals surface area contributed by atoms with Gasteiger partial charge in [0.2, 0.25) is 11.8 Å². The van der Waals surface area contributed by atoms with Crippen molar-refractivity contribution in [3.63, 3.8) is 0 Å². The summed E-state index contributed by atoms with van der Waals surface area (Å²) >= 11 is 0. The van der Waals surface area contributed by atoms with Gasteiger partial charge in [-0.1, -0.05) is 84.9 Å². The molecule has 9 rings (SSSR count). The molecular weight excluding hydrogens is 496 g/mol. The average Bonchev–Trinajstić information content (AvgIpc) is 3.27. The summed E-state index contributed by atoms with van der Waals surface area (Å²) in [6, 6.07) is 36.9. The Labute approximate surface area is 231 Å². The molecule has 2 bridgehead atoms. The Morgan fingerprint density at radius 2 is 1.12 bits per heavy atom. The number of carbonyl (C=O) groups excluding carboxylic acids is 3. The van der Waals surface area contributed by atoms with E-state index >= 15 is 0 Å². The molecule has 40 heavy (non-hydrogen) atoms. The second-order valence-corrected chi connectivity index (χ2v) is 10.8. The Morgan fingerprint density at radius 1 is 0.575 bits per heavy atom. The summed E-state index contributed by atoms with van der Waals surface area (Å²) in [5.74, 6) is -1.93. The molecule has 0 radical (unpaired) electrons. The van der Waals surface area contributed by atoms with Gasteiger partial charge in [0, 0.05) is 23.1 Å². The van der Waals surface area contributed by atoms with Gasteiger partial charge in [0.15, 0.2) is 0 Å². The van der Waals surface area contributed by atoms with E-state index in [0.29, 0.717) is 16.9 Å². The highest BCUT2D eigenvalue weighted by Crippen LogP contribution is 2.61. The first kappa shape index (κ1) is 22.9. The van der Waals surface area contributed by atoms with Gasteiger partial charge in [-0.25, -0.2) is 4.90 Å². The number of nitrogens with zero attached hydrogens (tertiary/aromatic N) is 1. The van der Waals surface area contributed by atoms with Crippen LogP contribution in [0.4, 0.5) is 11.4 Å². The molecule has 3 amide bonds. The predicted molar refractivity (Wildman–Crippen MR) is 154 cm³/mol. The second kappa shape index (κ2) is 8.48. The van der Waals surface area contributed by atoms with Crippen LogP contribution < -0.4 is 10.2 Å². The second-order valence-electron chi connectivity index (χ2n) is 10.8. The van der Waals surface area contributed by atoms with Crippen LogP contribution in [0, 0.1) is 11.8 Å². The van der Waals surface area contributed by atoms with Gasteiger partial charge in [-0.15, -0.1) is 0 Å². The van der Waals surface area contributed by atoms with Crippen molar-refractivity contribution in [1.82, 2.24) is 0 Å². The number of benzene rings is 5. The van der Waals surface area contributed by atoms with Gasteiger partial charge in [-0.2, -0.15) is 0 Å². The van der Waals surface area contributed by atoms with Crippen LogP contribution in [-0.2, 0) is 9.59 Å². The van der Waals surface area contributed by atoms with E-state index in [4.69, 9.17) is 0 Å². The minimum Gasteiger partial charge on any atom is -0.322 e. The number of fused-ring (bicyclic) bond motifs is 1. The zero-order valence-electron chi connectivity index (χ0n) is 21.5. The number of carbonyl (C=O) groups is 3. The van der Waals surface area contributed by atoms with E-state index in [2.05, 4.69) is 29.6 Å². The largest absolute Gasteiger partial charge is 0.322 e. The quantitative estimate of drug-likeness (QED) is 0.277. The predicted octanol–water partition coefficient (Wildman–Crippen LogP) is 6.49. The number of hydrogen-bond donors (Lipinski definition) is 1. The van der Waals surface area contributed by atoms with E-state index in [1.165, 1.54) is 4.90 Å². The fraction of sp³-hybridized carbons (Fsp3) is 0.114. The fourth-order valence-corrected chi connectivity index (χ4v) is 7.19. The van der Waals surface area contributed by atoms with Gasteiger partial charge in [0.25, 0.3) is 5.91 Å². The number of nitrogens with one attached hydrogen (secondary N) is 1. The minimum atomic E-state index is -0.461. The van der Waals surface area contributed by atoms with Crippen LogP contribution in [0.3, 0.4) is 0 Å². The van der Waals surface area contributed by atoms with Crippen molar-refractivity contribution in [3.05, 3.63) is 143 Å². The highest BCUT2D eigenvalue weighted by atomic mass is 16.2. The Hall–Kier alpha value is -5.03. The van der Waals surface area contributed by atoms with E-state index in [1.807, 2.05) is 66.7 Å². The maximum absolute atomic E-state index is 14.1. The highest BCUT2D eigenvalue weighted by molar-refractivity contribution is 6.23. The molecule has 5 aromatic rings. The molecule has 1 saturated heterocycles. The van der Waals surface area contributed by atoms with Crippen molar-refractivity contribution in [2.75, 3.05) is 10.2 Å². The molecule has 0 aromatic heterocycles. The first-order valence-electron chi connectivity index (χ1n) is 13.6. The van der Waals surface area contributed by atoms with Crippen LogP contribution in [0.1, 0.15) is 44.4 Å². The highest BCUT2D eigenvalue weighted by Gasteiger charge is 2.61. The first-order chi connectivity index (χ1) is 19.6. The van der Waals surface area contributed by atoms with E-state index in [1.54, 1.807) is 24.3 Å². The molecule has 1 heterocycles. The number of anilines is 2. The number of imide groups is 1. The maximum Gasteiger partial charge on any atom is 0.255 e. The van der Waals surface area contributed by atoms with E-state index in [0.717, 1.165) is 33.0 Å². The Bertz CT molecular complexity index is 1780. The van der Waals surface area contributed by atoms with Crippen LogP contribution in [0.15, 0.2) is 115 Å². The van der Waals surface area contributed by atoms with Gasteiger partial charge in [-0.3, -0.25) is 14.4 Å². The standard InChI is InChI=1S/C35H24N2O3/c38-33(36-23-17-16-20-8-1-2-9-21(20)18-23)22-10-7-11-24(19-22)37-34(39)31-29-25-12-3-4-13-26(25)30(32(31)35(37)40)28-15-6-5-14-27(28)29/h1-19,29-32H,(H,36,38). The third kappa shape index (κ3) is 3.18. The summed E-state index contributed by atoms with van der Waals surface area (Å²) in [5, 5.41) is 5.08. The van der Waals surface area contributed by atoms with Crippen molar-refractivity contribution in [2.24, 2.45) is 11.8 Å². The van der Waals surface area contributed by atoms with Crippen LogP contribution in [0.25, 0.3) is 10.8 Å². The molecule has 0 saturated carbocycles. The molecule has 2 unspecified atom stereocenters. The Kier molecular flexibility index (Phi) is 4.86. The lowest BCUT2D eigenvalue weighted by molar-refractivity contribution is -0.122. The van der Waals surface area contributed by atoms with E-state index in [-0.39, 0.29) is 29.6 Å².